The molecule has 0 saturated heterocycles. The first-order chi connectivity index (χ1) is 14.0. The Kier molecular flexibility index (Phi) is 3.97. The van der Waals surface area contributed by atoms with E-state index < -0.39 is 23.0 Å². The minimum Gasteiger partial charge on any atom is -0.381 e. The Morgan fingerprint density at radius 1 is 1.14 bits per heavy atom. The highest BCUT2D eigenvalue weighted by molar-refractivity contribution is 6.07. The Labute approximate surface area is 163 Å². The number of carbonyl (C=O) groups excluding carboxylic acids is 1. The molecular formula is C20H18FN5O3. The zero-order valence-corrected chi connectivity index (χ0v) is 15.4. The van der Waals surface area contributed by atoms with Gasteiger partial charge in [0.15, 0.2) is 0 Å². The summed E-state index contributed by atoms with van der Waals surface area (Å²) in [5.74, 6) is -0.878. The molecule has 2 aliphatic rings. The van der Waals surface area contributed by atoms with Crippen LogP contribution in [0, 0.1) is 5.82 Å². The van der Waals surface area contributed by atoms with Gasteiger partial charge in [0.2, 0.25) is 0 Å². The average molecular weight is 395 g/mol. The third-order valence-corrected chi connectivity index (χ3v) is 5.12. The monoisotopic (exact) mass is 395 g/mol. The maximum Gasteiger partial charge on any atom is 0.330 e. The normalized spacial score (nSPS) is 16.0. The Balaban J connectivity index is 1.49. The summed E-state index contributed by atoms with van der Waals surface area (Å²) in [5, 5.41) is 6.11. The molecule has 2 heterocycles. The minimum absolute atomic E-state index is 0.0318. The maximum atomic E-state index is 13.6. The van der Waals surface area contributed by atoms with Gasteiger partial charge in [0.25, 0.3) is 11.5 Å². The second kappa shape index (κ2) is 6.54. The fraction of sp³-hybridized carbons (Fsp3) is 0.300. The average Bonchev–Trinajstić information content (AvgIpc) is 3.59. The number of carbonyl (C=O) groups is 1. The third-order valence-electron chi connectivity index (χ3n) is 5.12. The number of H-pyrrole nitrogens is 1. The maximum absolute atomic E-state index is 13.6. The van der Waals surface area contributed by atoms with Crippen molar-refractivity contribution in [3.8, 4) is 0 Å². The van der Waals surface area contributed by atoms with Gasteiger partial charge in [-0.15, -0.1) is 0 Å². The van der Waals surface area contributed by atoms with Crippen LogP contribution in [0.25, 0.3) is 11.0 Å². The molecule has 3 aromatic rings. The van der Waals surface area contributed by atoms with Gasteiger partial charge in [0.05, 0.1) is 22.3 Å². The quantitative estimate of drug-likeness (QED) is 0.615. The highest BCUT2D eigenvalue weighted by Crippen LogP contribution is 2.35. The standard InChI is InChI=1S/C20H18FN5O3/c21-11-1-6-15(16(8-11)23-12-2-3-12)24-18(27)10-7-14-17(22-9-10)26(13-4-5-13)20(29)25-19(14)28/h1,6-9,12-13,23H,2-5H2,(H,24,27)(H,25,28,29). The number of hydrogen-bond donors (Lipinski definition) is 3. The lowest BCUT2D eigenvalue weighted by Crippen LogP contribution is -2.30. The Bertz CT molecular complexity index is 1260. The molecule has 9 heteroatoms. The number of aromatic nitrogens is 3. The number of nitrogens with zero attached hydrogens (tertiary/aromatic N) is 2. The van der Waals surface area contributed by atoms with Crippen LogP contribution in [0.15, 0.2) is 40.1 Å². The van der Waals surface area contributed by atoms with E-state index in [1.807, 2.05) is 0 Å². The second-order valence-electron chi connectivity index (χ2n) is 7.52. The van der Waals surface area contributed by atoms with Gasteiger partial charge >= 0.3 is 5.69 Å². The molecule has 3 N–H and O–H groups in total. The van der Waals surface area contributed by atoms with E-state index >= 15 is 0 Å². The van der Waals surface area contributed by atoms with Gasteiger partial charge in [-0.3, -0.25) is 19.1 Å². The predicted molar refractivity (Wildman–Crippen MR) is 106 cm³/mol. The first kappa shape index (κ1) is 17.6. The van der Waals surface area contributed by atoms with Crippen LogP contribution in [0.3, 0.4) is 0 Å². The van der Waals surface area contributed by atoms with Crippen LogP contribution in [0.4, 0.5) is 15.8 Å². The fourth-order valence-electron chi connectivity index (χ4n) is 3.32. The summed E-state index contributed by atoms with van der Waals surface area (Å²) in [4.78, 5) is 43.6. The lowest BCUT2D eigenvalue weighted by Gasteiger charge is -2.13. The number of hydrogen-bond acceptors (Lipinski definition) is 5. The third kappa shape index (κ3) is 3.39. The van der Waals surface area contributed by atoms with Crippen LogP contribution in [-0.2, 0) is 0 Å². The Morgan fingerprint density at radius 2 is 1.93 bits per heavy atom. The minimum atomic E-state index is -0.582. The first-order valence-electron chi connectivity index (χ1n) is 9.51. The topological polar surface area (TPSA) is 109 Å². The van der Waals surface area contributed by atoms with Gasteiger partial charge in [0.1, 0.15) is 11.5 Å². The predicted octanol–water partition coefficient (Wildman–Crippen LogP) is 2.39. The zero-order valence-electron chi connectivity index (χ0n) is 15.4. The summed E-state index contributed by atoms with van der Waals surface area (Å²) in [6, 6.07) is 5.84. The van der Waals surface area contributed by atoms with E-state index in [4.69, 9.17) is 0 Å². The van der Waals surface area contributed by atoms with Crippen molar-refractivity contribution in [3.05, 3.63) is 62.7 Å². The van der Waals surface area contributed by atoms with Crippen LogP contribution < -0.4 is 21.9 Å². The Morgan fingerprint density at radius 3 is 2.66 bits per heavy atom. The number of rotatable bonds is 5. The molecule has 2 fully saturated rings. The van der Waals surface area contributed by atoms with Gasteiger partial charge in [-0.25, -0.2) is 14.2 Å². The van der Waals surface area contributed by atoms with Crippen molar-refractivity contribution in [1.29, 1.82) is 0 Å². The molecule has 0 radical (unpaired) electrons. The molecule has 29 heavy (non-hydrogen) atoms. The van der Waals surface area contributed by atoms with Crippen molar-refractivity contribution >= 4 is 28.3 Å². The van der Waals surface area contributed by atoms with Crippen LogP contribution in [0.2, 0.25) is 0 Å². The summed E-state index contributed by atoms with van der Waals surface area (Å²) in [5.41, 5.74) is 0.329. The summed E-state index contributed by atoms with van der Waals surface area (Å²) >= 11 is 0. The smallest absolute Gasteiger partial charge is 0.330 e. The molecule has 5 rings (SSSR count). The summed E-state index contributed by atoms with van der Waals surface area (Å²) < 4.78 is 15.1. The number of nitrogens with one attached hydrogen (secondary N) is 3. The van der Waals surface area contributed by atoms with Crippen molar-refractivity contribution in [2.24, 2.45) is 0 Å². The van der Waals surface area contributed by atoms with Gasteiger partial charge < -0.3 is 10.6 Å². The van der Waals surface area contributed by atoms with Gasteiger partial charge in [0, 0.05) is 18.3 Å². The molecule has 2 aromatic heterocycles. The molecule has 2 aliphatic carbocycles. The summed E-state index contributed by atoms with van der Waals surface area (Å²) in [6.45, 7) is 0. The molecule has 148 valence electrons. The highest BCUT2D eigenvalue weighted by atomic mass is 19.1. The van der Waals surface area contributed by atoms with Crippen molar-refractivity contribution in [1.82, 2.24) is 14.5 Å². The lowest BCUT2D eigenvalue weighted by atomic mass is 10.2. The number of halogens is 1. The van der Waals surface area contributed by atoms with Crippen LogP contribution >= 0.6 is 0 Å². The van der Waals surface area contributed by atoms with E-state index in [9.17, 15) is 18.8 Å². The number of pyridine rings is 1. The van der Waals surface area contributed by atoms with Crippen LogP contribution in [-0.4, -0.2) is 26.5 Å². The Hall–Kier alpha value is -3.49. The molecule has 1 aromatic carbocycles. The number of amides is 1. The molecule has 0 unspecified atom stereocenters. The molecule has 0 bridgehead atoms. The number of aromatic amines is 1. The van der Waals surface area contributed by atoms with Crippen LogP contribution in [0.1, 0.15) is 42.1 Å². The van der Waals surface area contributed by atoms with E-state index in [-0.39, 0.29) is 28.7 Å². The van der Waals surface area contributed by atoms with E-state index in [1.165, 1.54) is 35.0 Å². The molecule has 8 nitrogen and oxygen atoms in total. The molecule has 1 amide bonds. The summed E-state index contributed by atoms with van der Waals surface area (Å²) in [7, 11) is 0. The SMILES string of the molecule is O=C(Nc1ccc(F)cc1NC1CC1)c1cnc2c(c1)c(=O)[nH]c(=O)n2C1CC1. The van der Waals surface area contributed by atoms with Crippen LogP contribution in [0.5, 0.6) is 0 Å². The van der Waals surface area contributed by atoms with E-state index in [0.29, 0.717) is 11.4 Å². The van der Waals surface area contributed by atoms with Gasteiger partial charge in [-0.05, 0) is 49.9 Å². The lowest BCUT2D eigenvalue weighted by molar-refractivity contribution is 0.102. The van der Waals surface area contributed by atoms with E-state index in [2.05, 4.69) is 20.6 Å². The first-order valence-corrected chi connectivity index (χ1v) is 9.51. The number of anilines is 2. The number of benzene rings is 1. The number of fused-ring (bicyclic) bond motifs is 1. The zero-order chi connectivity index (χ0) is 20.1. The van der Waals surface area contributed by atoms with E-state index in [0.717, 1.165) is 25.7 Å². The van der Waals surface area contributed by atoms with Crippen molar-refractivity contribution in [2.45, 2.75) is 37.8 Å². The van der Waals surface area contributed by atoms with Crippen molar-refractivity contribution < 1.29 is 9.18 Å². The van der Waals surface area contributed by atoms with Gasteiger partial charge in [-0.2, -0.15) is 0 Å². The highest BCUT2D eigenvalue weighted by Gasteiger charge is 2.28. The van der Waals surface area contributed by atoms with Crippen molar-refractivity contribution in [2.75, 3.05) is 10.6 Å². The van der Waals surface area contributed by atoms with Gasteiger partial charge in [-0.1, -0.05) is 0 Å². The molecular weight excluding hydrogens is 377 g/mol. The molecule has 0 spiro atoms. The molecule has 0 aliphatic heterocycles. The molecule has 0 atom stereocenters. The molecule has 2 saturated carbocycles. The largest absolute Gasteiger partial charge is 0.381 e. The summed E-state index contributed by atoms with van der Waals surface area (Å²) in [6.07, 6.45) is 5.06. The fourth-order valence-corrected chi connectivity index (χ4v) is 3.32. The van der Waals surface area contributed by atoms with Crippen molar-refractivity contribution in [3.63, 3.8) is 0 Å². The van der Waals surface area contributed by atoms with E-state index in [1.54, 1.807) is 0 Å². The second-order valence-corrected chi connectivity index (χ2v) is 7.52.